The van der Waals surface area contributed by atoms with E-state index in [4.69, 9.17) is 0 Å². The summed E-state index contributed by atoms with van der Waals surface area (Å²) in [7, 11) is 0. The standard InChI is InChI=1S/C15H17NO2/c1-11-5-7-13(8-6-11)16-15(10-17)12-3-2-4-14(18)9-12/h2-9,15-18H,10H2,1H3. The van der Waals surface area contributed by atoms with E-state index in [9.17, 15) is 10.2 Å². The molecule has 0 saturated carbocycles. The monoisotopic (exact) mass is 243 g/mol. The topological polar surface area (TPSA) is 52.5 Å². The number of nitrogens with one attached hydrogen (secondary N) is 1. The van der Waals surface area contributed by atoms with Crippen molar-refractivity contribution in [1.29, 1.82) is 0 Å². The molecule has 0 heterocycles. The number of aliphatic hydroxyl groups excluding tert-OH is 1. The zero-order chi connectivity index (χ0) is 13.0. The molecule has 1 atom stereocenters. The first-order chi connectivity index (χ1) is 8.69. The van der Waals surface area contributed by atoms with E-state index >= 15 is 0 Å². The van der Waals surface area contributed by atoms with Gasteiger partial charge in [-0.2, -0.15) is 0 Å². The molecule has 0 aromatic heterocycles. The second-order valence-corrected chi connectivity index (χ2v) is 4.34. The maximum Gasteiger partial charge on any atom is 0.115 e. The fourth-order valence-electron chi connectivity index (χ4n) is 1.83. The lowest BCUT2D eigenvalue weighted by Gasteiger charge is -2.18. The summed E-state index contributed by atoms with van der Waals surface area (Å²) in [5, 5.41) is 22.1. The summed E-state index contributed by atoms with van der Waals surface area (Å²) in [6.45, 7) is 2.00. The third kappa shape index (κ3) is 3.02. The van der Waals surface area contributed by atoms with Crippen LogP contribution in [-0.4, -0.2) is 16.8 Å². The highest BCUT2D eigenvalue weighted by molar-refractivity contribution is 5.47. The van der Waals surface area contributed by atoms with Crippen molar-refractivity contribution < 1.29 is 10.2 Å². The number of aliphatic hydroxyl groups is 1. The fourth-order valence-corrected chi connectivity index (χ4v) is 1.83. The molecule has 94 valence electrons. The number of rotatable bonds is 4. The first-order valence-corrected chi connectivity index (χ1v) is 5.92. The van der Waals surface area contributed by atoms with Crippen LogP contribution in [0.3, 0.4) is 0 Å². The smallest absolute Gasteiger partial charge is 0.115 e. The molecule has 1 unspecified atom stereocenters. The van der Waals surface area contributed by atoms with Crippen molar-refractivity contribution in [2.75, 3.05) is 11.9 Å². The molecular weight excluding hydrogens is 226 g/mol. The molecule has 2 aromatic carbocycles. The number of hydrogen-bond acceptors (Lipinski definition) is 3. The Morgan fingerprint density at radius 3 is 2.44 bits per heavy atom. The molecule has 0 aliphatic rings. The third-order valence-electron chi connectivity index (χ3n) is 2.85. The van der Waals surface area contributed by atoms with Gasteiger partial charge < -0.3 is 15.5 Å². The molecule has 0 aliphatic carbocycles. The third-order valence-corrected chi connectivity index (χ3v) is 2.85. The summed E-state index contributed by atoms with van der Waals surface area (Å²) in [4.78, 5) is 0. The minimum absolute atomic E-state index is 0.0304. The van der Waals surface area contributed by atoms with Crippen molar-refractivity contribution in [3.05, 3.63) is 59.7 Å². The van der Waals surface area contributed by atoms with Crippen molar-refractivity contribution in [3.63, 3.8) is 0 Å². The Morgan fingerprint density at radius 1 is 1.11 bits per heavy atom. The Hall–Kier alpha value is -2.00. The molecule has 0 aliphatic heterocycles. The van der Waals surface area contributed by atoms with Gasteiger partial charge in [0, 0.05) is 5.69 Å². The Morgan fingerprint density at radius 2 is 1.83 bits per heavy atom. The average molecular weight is 243 g/mol. The number of phenols is 1. The Bertz CT molecular complexity index is 508. The van der Waals surface area contributed by atoms with Crippen LogP contribution in [0.15, 0.2) is 48.5 Å². The largest absolute Gasteiger partial charge is 0.508 e. The van der Waals surface area contributed by atoms with Gasteiger partial charge in [0.1, 0.15) is 5.75 Å². The molecule has 18 heavy (non-hydrogen) atoms. The van der Waals surface area contributed by atoms with Gasteiger partial charge in [-0.1, -0.05) is 29.8 Å². The minimum Gasteiger partial charge on any atom is -0.508 e. The van der Waals surface area contributed by atoms with Crippen LogP contribution in [0.5, 0.6) is 5.75 Å². The van der Waals surface area contributed by atoms with Gasteiger partial charge in [-0.3, -0.25) is 0 Å². The maximum atomic E-state index is 9.45. The quantitative estimate of drug-likeness (QED) is 0.774. The molecule has 0 fully saturated rings. The molecule has 3 heteroatoms. The minimum atomic E-state index is -0.222. The number of hydrogen-bond donors (Lipinski definition) is 3. The summed E-state index contributed by atoms with van der Waals surface area (Å²) < 4.78 is 0. The second-order valence-electron chi connectivity index (χ2n) is 4.34. The number of aromatic hydroxyl groups is 1. The van der Waals surface area contributed by atoms with E-state index in [-0.39, 0.29) is 18.4 Å². The molecule has 2 aromatic rings. The molecule has 3 nitrogen and oxygen atoms in total. The van der Waals surface area contributed by atoms with Crippen molar-refractivity contribution in [1.82, 2.24) is 0 Å². The van der Waals surface area contributed by atoms with E-state index in [1.807, 2.05) is 37.3 Å². The number of aryl methyl sites for hydroxylation is 1. The van der Waals surface area contributed by atoms with E-state index in [0.717, 1.165) is 11.3 Å². The SMILES string of the molecule is Cc1ccc(NC(CO)c2cccc(O)c2)cc1. The molecule has 0 bridgehead atoms. The van der Waals surface area contributed by atoms with E-state index < -0.39 is 0 Å². The van der Waals surface area contributed by atoms with Crippen LogP contribution >= 0.6 is 0 Å². The summed E-state index contributed by atoms with van der Waals surface area (Å²) in [5.74, 6) is 0.205. The first-order valence-electron chi connectivity index (χ1n) is 5.92. The van der Waals surface area contributed by atoms with Gasteiger partial charge in [-0.25, -0.2) is 0 Å². The number of phenolic OH excluding ortho intramolecular Hbond substituents is 1. The lowest BCUT2D eigenvalue weighted by atomic mass is 10.1. The Kier molecular flexibility index (Phi) is 3.85. The lowest BCUT2D eigenvalue weighted by Crippen LogP contribution is -2.14. The van der Waals surface area contributed by atoms with Crippen molar-refractivity contribution >= 4 is 5.69 Å². The maximum absolute atomic E-state index is 9.45. The zero-order valence-electron chi connectivity index (χ0n) is 10.3. The Balaban J connectivity index is 2.17. The van der Waals surface area contributed by atoms with E-state index in [1.54, 1.807) is 18.2 Å². The summed E-state index contributed by atoms with van der Waals surface area (Å²) in [5.41, 5.74) is 3.00. The van der Waals surface area contributed by atoms with Crippen LogP contribution in [0.2, 0.25) is 0 Å². The van der Waals surface area contributed by atoms with Gasteiger partial charge in [0.2, 0.25) is 0 Å². The number of benzene rings is 2. The molecule has 0 saturated heterocycles. The van der Waals surface area contributed by atoms with Crippen LogP contribution in [0, 0.1) is 6.92 Å². The average Bonchev–Trinajstić information content (AvgIpc) is 2.38. The summed E-state index contributed by atoms with van der Waals surface area (Å²) in [6.07, 6.45) is 0. The van der Waals surface area contributed by atoms with Crippen molar-refractivity contribution in [3.8, 4) is 5.75 Å². The van der Waals surface area contributed by atoms with Gasteiger partial charge in [0.05, 0.1) is 12.6 Å². The van der Waals surface area contributed by atoms with Crippen LogP contribution in [0.1, 0.15) is 17.2 Å². The fraction of sp³-hybridized carbons (Fsp3) is 0.200. The lowest BCUT2D eigenvalue weighted by molar-refractivity contribution is 0.276. The van der Waals surface area contributed by atoms with Crippen LogP contribution in [-0.2, 0) is 0 Å². The van der Waals surface area contributed by atoms with Crippen LogP contribution < -0.4 is 5.32 Å². The van der Waals surface area contributed by atoms with Crippen LogP contribution in [0.4, 0.5) is 5.69 Å². The van der Waals surface area contributed by atoms with Gasteiger partial charge >= 0.3 is 0 Å². The highest BCUT2D eigenvalue weighted by Gasteiger charge is 2.10. The molecule has 0 spiro atoms. The molecule has 0 amide bonds. The van der Waals surface area contributed by atoms with Gasteiger partial charge in [0.15, 0.2) is 0 Å². The van der Waals surface area contributed by atoms with E-state index in [0.29, 0.717) is 0 Å². The van der Waals surface area contributed by atoms with Crippen molar-refractivity contribution in [2.45, 2.75) is 13.0 Å². The predicted octanol–water partition coefficient (Wildman–Crippen LogP) is 2.85. The van der Waals surface area contributed by atoms with E-state index in [1.165, 1.54) is 5.56 Å². The van der Waals surface area contributed by atoms with E-state index in [2.05, 4.69) is 5.32 Å². The highest BCUT2D eigenvalue weighted by Crippen LogP contribution is 2.22. The van der Waals surface area contributed by atoms with Gasteiger partial charge in [0.25, 0.3) is 0 Å². The normalized spacial score (nSPS) is 12.1. The molecule has 0 radical (unpaired) electrons. The highest BCUT2D eigenvalue weighted by atomic mass is 16.3. The van der Waals surface area contributed by atoms with Crippen molar-refractivity contribution in [2.24, 2.45) is 0 Å². The zero-order valence-corrected chi connectivity index (χ0v) is 10.3. The van der Waals surface area contributed by atoms with Crippen LogP contribution in [0.25, 0.3) is 0 Å². The van der Waals surface area contributed by atoms with Gasteiger partial charge in [-0.15, -0.1) is 0 Å². The molecule has 2 rings (SSSR count). The second kappa shape index (κ2) is 5.56. The summed E-state index contributed by atoms with van der Waals surface area (Å²) >= 11 is 0. The molecular formula is C15H17NO2. The summed E-state index contributed by atoms with van der Waals surface area (Å²) in [6, 6.07) is 14.7. The molecule has 3 N–H and O–H groups in total. The first kappa shape index (κ1) is 12.5. The predicted molar refractivity (Wildman–Crippen MR) is 72.7 cm³/mol. The Labute approximate surface area is 107 Å². The van der Waals surface area contributed by atoms with Gasteiger partial charge in [-0.05, 0) is 36.8 Å². The number of anilines is 1.